The van der Waals surface area contributed by atoms with Gasteiger partial charge in [-0.05, 0) is 54.9 Å². The molecule has 0 radical (unpaired) electrons. The van der Waals surface area contributed by atoms with E-state index < -0.39 is 0 Å². The van der Waals surface area contributed by atoms with Crippen LogP contribution >= 0.6 is 22.6 Å². The number of hydrogen-bond donors (Lipinski definition) is 1. The number of nitrogens with zero attached hydrogens (tertiary/aromatic N) is 2. The highest BCUT2D eigenvalue weighted by molar-refractivity contribution is 14.1. The van der Waals surface area contributed by atoms with E-state index in [0.29, 0.717) is 3.57 Å². The summed E-state index contributed by atoms with van der Waals surface area (Å²) >= 11 is 2.04. The number of aromatic nitrogens is 2. The number of rotatable bonds is 3. The lowest BCUT2D eigenvalue weighted by molar-refractivity contribution is 0.309. The molecule has 0 saturated carbocycles. The number of nitrogens with one attached hydrogen (secondary N) is 1. The van der Waals surface area contributed by atoms with E-state index in [1.807, 2.05) is 29.5 Å². The molecule has 0 unspecified atom stereocenters. The van der Waals surface area contributed by atoms with E-state index in [-0.39, 0.29) is 5.56 Å². The number of hydrogen-bond acceptors (Lipinski definition) is 3. The van der Waals surface area contributed by atoms with Crippen molar-refractivity contribution in [2.45, 2.75) is 19.9 Å². The van der Waals surface area contributed by atoms with Gasteiger partial charge in [0.05, 0.1) is 3.57 Å². The third kappa shape index (κ3) is 2.39. The number of aryl methyl sites for hydroxylation is 1. The Balaban J connectivity index is 2.12. The molecular weight excluding hydrogens is 305 g/mol. The van der Waals surface area contributed by atoms with Crippen LogP contribution in [0.3, 0.4) is 0 Å². The molecule has 0 aliphatic carbocycles. The van der Waals surface area contributed by atoms with Gasteiger partial charge >= 0.3 is 0 Å². The predicted octanol–water partition coefficient (Wildman–Crippen LogP) is 0.766. The Labute approximate surface area is 102 Å². The van der Waals surface area contributed by atoms with Crippen molar-refractivity contribution < 1.29 is 0 Å². The van der Waals surface area contributed by atoms with Gasteiger partial charge in [-0.3, -0.25) is 9.36 Å². The Kier molecular flexibility index (Phi) is 3.40. The summed E-state index contributed by atoms with van der Waals surface area (Å²) in [4.78, 5) is 16.0. The van der Waals surface area contributed by atoms with E-state index >= 15 is 0 Å². The summed E-state index contributed by atoms with van der Waals surface area (Å²) in [5.74, 6) is 1.54. The lowest BCUT2D eigenvalue weighted by Crippen LogP contribution is -2.42. The zero-order chi connectivity index (χ0) is 10.8. The standard InChI is InChI=1S/C10H14IN3O/c1-7-13-6-9(11)10(15)14(7)3-2-8-4-12-5-8/h6,8,12H,2-5H2,1H3. The second kappa shape index (κ2) is 4.61. The van der Waals surface area contributed by atoms with Gasteiger partial charge in [0, 0.05) is 12.7 Å². The molecule has 0 atom stereocenters. The van der Waals surface area contributed by atoms with Crippen LogP contribution in [0.25, 0.3) is 0 Å². The van der Waals surface area contributed by atoms with Gasteiger partial charge in [-0.2, -0.15) is 0 Å². The van der Waals surface area contributed by atoms with Crippen molar-refractivity contribution in [2.24, 2.45) is 5.92 Å². The Bertz CT molecular complexity index is 412. The summed E-state index contributed by atoms with van der Waals surface area (Å²) in [5, 5.41) is 3.23. The molecule has 1 aliphatic rings. The molecule has 1 aromatic rings. The minimum Gasteiger partial charge on any atom is -0.316 e. The second-order valence-electron chi connectivity index (χ2n) is 3.92. The smallest absolute Gasteiger partial charge is 0.266 e. The second-order valence-corrected chi connectivity index (χ2v) is 5.09. The van der Waals surface area contributed by atoms with Crippen LogP contribution in [0.4, 0.5) is 0 Å². The molecule has 1 aromatic heterocycles. The molecule has 2 heterocycles. The van der Waals surface area contributed by atoms with Gasteiger partial charge in [0.15, 0.2) is 0 Å². The van der Waals surface area contributed by atoms with Crippen LogP contribution in [0.5, 0.6) is 0 Å². The Morgan fingerprint density at radius 1 is 1.67 bits per heavy atom. The first-order valence-electron chi connectivity index (χ1n) is 5.11. The monoisotopic (exact) mass is 319 g/mol. The van der Waals surface area contributed by atoms with E-state index in [9.17, 15) is 4.79 Å². The SMILES string of the molecule is Cc1ncc(I)c(=O)n1CCC1CNC1. The Morgan fingerprint density at radius 2 is 2.40 bits per heavy atom. The fraction of sp³-hybridized carbons (Fsp3) is 0.600. The Hall–Kier alpha value is -0.430. The van der Waals surface area contributed by atoms with E-state index in [1.54, 1.807) is 10.8 Å². The maximum Gasteiger partial charge on any atom is 0.266 e. The van der Waals surface area contributed by atoms with Crippen LogP contribution in [0.2, 0.25) is 0 Å². The van der Waals surface area contributed by atoms with Crippen molar-refractivity contribution in [2.75, 3.05) is 13.1 Å². The molecule has 0 amide bonds. The first-order chi connectivity index (χ1) is 7.18. The van der Waals surface area contributed by atoms with E-state index in [2.05, 4.69) is 10.3 Å². The van der Waals surface area contributed by atoms with Crippen molar-refractivity contribution in [3.63, 3.8) is 0 Å². The highest BCUT2D eigenvalue weighted by Gasteiger charge is 2.17. The van der Waals surface area contributed by atoms with Crippen LogP contribution in [0.1, 0.15) is 12.2 Å². The molecule has 0 spiro atoms. The Morgan fingerprint density at radius 3 is 3.00 bits per heavy atom. The van der Waals surface area contributed by atoms with E-state index in [0.717, 1.165) is 37.8 Å². The summed E-state index contributed by atoms with van der Waals surface area (Å²) < 4.78 is 2.48. The average Bonchev–Trinajstić information content (AvgIpc) is 2.15. The van der Waals surface area contributed by atoms with Gasteiger partial charge < -0.3 is 5.32 Å². The third-order valence-electron chi connectivity index (χ3n) is 2.83. The number of halogens is 1. The van der Waals surface area contributed by atoms with Crippen molar-refractivity contribution in [1.82, 2.24) is 14.9 Å². The highest BCUT2D eigenvalue weighted by Crippen LogP contribution is 2.09. The normalized spacial score (nSPS) is 16.4. The maximum absolute atomic E-state index is 11.8. The summed E-state index contributed by atoms with van der Waals surface area (Å²) in [6, 6.07) is 0. The van der Waals surface area contributed by atoms with Crippen LogP contribution in [0, 0.1) is 16.4 Å². The summed E-state index contributed by atoms with van der Waals surface area (Å²) in [7, 11) is 0. The first-order valence-corrected chi connectivity index (χ1v) is 6.19. The highest BCUT2D eigenvalue weighted by atomic mass is 127. The largest absolute Gasteiger partial charge is 0.316 e. The molecule has 1 aliphatic heterocycles. The van der Waals surface area contributed by atoms with Gasteiger partial charge in [-0.1, -0.05) is 0 Å². The predicted molar refractivity (Wildman–Crippen MR) is 66.9 cm³/mol. The fourth-order valence-electron chi connectivity index (χ4n) is 1.68. The van der Waals surface area contributed by atoms with Gasteiger partial charge in [0.25, 0.3) is 5.56 Å². The van der Waals surface area contributed by atoms with Gasteiger partial charge in [-0.25, -0.2) is 4.98 Å². The molecule has 1 fully saturated rings. The molecule has 4 nitrogen and oxygen atoms in total. The van der Waals surface area contributed by atoms with E-state index in [1.165, 1.54) is 0 Å². The quantitative estimate of drug-likeness (QED) is 0.837. The molecule has 5 heteroatoms. The first kappa shape index (κ1) is 11.1. The van der Waals surface area contributed by atoms with Crippen molar-refractivity contribution in [3.05, 3.63) is 25.9 Å². The van der Waals surface area contributed by atoms with Gasteiger partial charge in [-0.15, -0.1) is 0 Å². The lowest BCUT2D eigenvalue weighted by Gasteiger charge is -2.27. The van der Waals surface area contributed by atoms with Gasteiger partial charge in [0.1, 0.15) is 5.82 Å². The molecule has 82 valence electrons. The summed E-state index contributed by atoms with van der Waals surface area (Å²) in [6.45, 7) is 4.85. The average molecular weight is 319 g/mol. The minimum absolute atomic E-state index is 0.0929. The van der Waals surface area contributed by atoms with Crippen molar-refractivity contribution in [3.8, 4) is 0 Å². The fourth-order valence-corrected chi connectivity index (χ4v) is 2.11. The van der Waals surface area contributed by atoms with E-state index in [4.69, 9.17) is 0 Å². The molecular formula is C10H14IN3O. The lowest BCUT2D eigenvalue weighted by atomic mass is 9.99. The molecule has 15 heavy (non-hydrogen) atoms. The van der Waals surface area contributed by atoms with Crippen molar-refractivity contribution in [1.29, 1.82) is 0 Å². The minimum atomic E-state index is 0.0929. The van der Waals surface area contributed by atoms with Crippen LogP contribution in [0.15, 0.2) is 11.0 Å². The van der Waals surface area contributed by atoms with Crippen molar-refractivity contribution >= 4 is 22.6 Å². The molecule has 1 saturated heterocycles. The summed E-state index contributed by atoms with van der Waals surface area (Å²) in [5.41, 5.74) is 0.0929. The maximum atomic E-state index is 11.8. The third-order valence-corrected chi connectivity index (χ3v) is 3.57. The van der Waals surface area contributed by atoms with Crippen LogP contribution in [-0.2, 0) is 6.54 Å². The van der Waals surface area contributed by atoms with Gasteiger partial charge in [0.2, 0.25) is 0 Å². The molecule has 0 aromatic carbocycles. The molecule has 2 rings (SSSR count). The van der Waals surface area contributed by atoms with Crippen LogP contribution in [-0.4, -0.2) is 22.6 Å². The van der Waals surface area contributed by atoms with Crippen LogP contribution < -0.4 is 10.9 Å². The molecule has 1 N–H and O–H groups in total. The topological polar surface area (TPSA) is 46.9 Å². The summed E-state index contributed by atoms with van der Waals surface area (Å²) in [6.07, 6.45) is 2.70. The zero-order valence-corrected chi connectivity index (χ0v) is 10.8. The molecule has 0 bridgehead atoms. The zero-order valence-electron chi connectivity index (χ0n) is 8.66.